The zero-order valence-electron chi connectivity index (χ0n) is 26.4. The molecular weight excluding hydrogens is 621 g/mol. The van der Waals surface area contributed by atoms with Crippen molar-refractivity contribution in [2.75, 3.05) is 13.3 Å². The van der Waals surface area contributed by atoms with Crippen LogP contribution in [0.15, 0.2) is 35.6 Å². The van der Waals surface area contributed by atoms with E-state index >= 15 is 8.78 Å². The lowest BCUT2D eigenvalue weighted by molar-refractivity contribution is -0.137. The van der Waals surface area contributed by atoms with Crippen LogP contribution in [0.2, 0.25) is 25.7 Å². The zero-order valence-corrected chi connectivity index (χ0v) is 28.2. The molecule has 14 heteroatoms. The molecule has 45 heavy (non-hydrogen) atoms. The number of rotatable bonds is 9. The molecule has 2 aromatic rings. The second-order valence-corrected chi connectivity index (χ2v) is 20.4. The first kappa shape index (κ1) is 34.2. The number of pyridine rings is 2. The third-order valence-corrected chi connectivity index (χ3v) is 10.6. The van der Waals surface area contributed by atoms with Crippen molar-refractivity contribution >= 4 is 54.7 Å². The van der Waals surface area contributed by atoms with Crippen molar-refractivity contribution in [2.45, 2.75) is 75.7 Å². The maximum absolute atomic E-state index is 15.5. The number of amidine groups is 1. The number of carbonyl (C=O) groups excluding carboxylic acids is 1. The van der Waals surface area contributed by atoms with Gasteiger partial charge in [-0.2, -0.15) is 4.39 Å². The first-order valence-corrected chi connectivity index (χ1v) is 18.9. The molecule has 1 N–H and O–H groups in total. The fourth-order valence-electron chi connectivity index (χ4n) is 4.86. The molecule has 240 valence electrons. The van der Waals surface area contributed by atoms with Crippen LogP contribution < -0.4 is 0 Å². The van der Waals surface area contributed by atoms with Crippen LogP contribution in [0.1, 0.15) is 50.9 Å². The fourth-order valence-corrected chi connectivity index (χ4v) is 7.13. The summed E-state index contributed by atoms with van der Waals surface area (Å²) >= 11 is 0.920. The van der Waals surface area contributed by atoms with E-state index < -0.39 is 53.7 Å². The number of thioether (sulfide) groups is 1. The van der Waals surface area contributed by atoms with Crippen LogP contribution in [-0.4, -0.2) is 69.0 Å². The van der Waals surface area contributed by atoms with E-state index in [0.29, 0.717) is 6.61 Å². The molecule has 1 amide bonds. The smallest absolute Gasteiger partial charge is 0.418 e. The molecule has 3 atom stereocenters. The molecule has 1 saturated carbocycles. The highest BCUT2D eigenvalue weighted by Crippen LogP contribution is 2.66. The highest BCUT2D eigenvalue weighted by molar-refractivity contribution is 8.15. The van der Waals surface area contributed by atoms with Crippen LogP contribution >= 0.6 is 11.8 Å². The molecule has 0 aromatic carbocycles. The normalized spacial score (nSPS) is 23.0. The second-order valence-electron chi connectivity index (χ2n) is 13.5. The first-order valence-electron chi connectivity index (χ1n) is 14.4. The number of ether oxygens (including phenoxy) is 2. The summed E-state index contributed by atoms with van der Waals surface area (Å²) in [4.78, 5) is 43.1. The zero-order chi connectivity index (χ0) is 33.4. The van der Waals surface area contributed by atoms with Gasteiger partial charge in [0.2, 0.25) is 11.6 Å². The van der Waals surface area contributed by atoms with Crippen molar-refractivity contribution in [3.63, 3.8) is 0 Å². The Morgan fingerprint density at radius 2 is 1.98 bits per heavy atom. The van der Waals surface area contributed by atoms with Gasteiger partial charge in [-0.05, 0) is 63.9 Å². The van der Waals surface area contributed by atoms with Crippen molar-refractivity contribution < 1.29 is 33.0 Å². The minimum Gasteiger partial charge on any atom is -0.480 e. The van der Waals surface area contributed by atoms with Gasteiger partial charge in [-0.25, -0.2) is 23.9 Å². The van der Waals surface area contributed by atoms with Crippen molar-refractivity contribution in [2.24, 2.45) is 10.9 Å². The van der Waals surface area contributed by atoms with Gasteiger partial charge < -0.3 is 14.6 Å². The molecule has 3 heterocycles. The maximum atomic E-state index is 15.5. The van der Waals surface area contributed by atoms with Gasteiger partial charge in [0, 0.05) is 38.6 Å². The van der Waals surface area contributed by atoms with Crippen LogP contribution in [0.3, 0.4) is 0 Å². The van der Waals surface area contributed by atoms with Crippen molar-refractivity contribution in [3.8, 4) is 0 Å². The lowest BCUT2D eigenvalue weighted by Crippen LogP contribution is -2.47. The van der Waals surface area contributed by atoms with E-state index in [2.05, 4.69) is 34.5 Å². The molecule has 1 fully saturated rings. The summed E-state index contributed by atoms with van der Waals surface area (Å²) in [6.07, 6.45) is 2.88. The lowest BCUT2D eigenvalue weighted by atomic mass is 9.86. The summed E-state index contributed by atoms with van der Waals surface area (Å²) < 4.78 is 40.7. The van der Waals surface area contributed by atoms with Crippen molar-refractivity contribution in [1.29, 1.82) is 0 Å². The second kappa shape index (κ2) is 12.6. The van der Waals surface area contributed by atoms with Crippen molar-refractivity contribution in [1.82, 2.24) is 14.9 Å². The molecule has 4 rings (SSSR count). The number of hydrogen-bond acceptors (Lipinski definition) is 8. The number of carboxylic acid groups (broad SMARTS) is 1. The minimum absolute atomic E-state index is 0.0199. The lowest BCUT2D eigenvalue weighted by Gasteiger charge is -2.37. The number of aliphatic carboxylic acids is 1. The Morgan fingerprint density at radius 1 is 1.27 bits per heavy atom. The van der Waals surface area contributed by atoms with Crippen molar-refractivity contribution in [3.05, 3.63) is 64.8 Å². The monoisotopic (exact) mass is 657 g/mol. The van der Waals surface area contributed by atoms with Crippen LogP contribution in [-0.2, 0) is 19.8 Å². The van der Waals surface area contributed by atoms with Gasteiger partial charge in [0.15, 0.2) is 5.17 Å². The number of halogens is 2. The van der Waals surface area contributed by atoms with Gasteiger partial charge in [-0.15, -0.1) is 0 Å². The van der Waals surface area contributed by atoms with E-state index in [0.717, 1.165) is 35.0 Å². The molecule has 2 aromatic heterocycles. The maximum Gasteiger partial charge on any atom is 0.418 e. The van der Waals surface area contributed by atoms with Crippen LogP contribution in [0.25, 0.3) is 16.7 Å². The van der Waals surface area contributed by atoms with E-state index in [4.69, 9.17) is 21.0 Å². The highest BCUT2D eigenvalue weighted by Gasteiger charge is 2.72. The summed E-state index contributed by atoms with van der Waals surface area (Å²) in [6.45, 7) is 20.5. The molecule has 0 bridgehead atoms. The van der Waals surface area contributed by atoms with Gasteiger partial charge >= 0.3 is 12.1 Å². The summed E-state index contributed by atoms with van der Waals surface area (Å²) in [5.74, 6) is -3.40. The van der Waals surface area contributed by atoms with Gasteiger partial charge in [0.25, 0.3) is 0 Å². The predicted octanol–water partition coefficient (Wildman–Crippen LogP) is 7.34. The third kappa shape index (κ3) is 7.77. The van der Waals surface area contributed by atoms with E-state index in [1.54, 1.807) is 27.7 Å². The van der Waals surface area contributed by atoms with Gasteiger partial charge in [0.05, 0.1) is 17.8 Å². The van der Waals surface area contributed by atoms with E-state index in [-0.39, 0.29) is 40.8 Å². The van der Waals surface area contributed by atoms with Crippen LogP contribution in [0.5, 0.6) is 0 Å². The highest BCUT2D eigenvalue weighted by atomic mass is 32.2. The number of aliphatic imine (C=N–C) groups is 1. The number of carboxylic acids is 1. The number of amides is 1. The SMILES string of the molecule is [C-]#[N+]c1ccc(/C(F)=C/c2cnc(F)c([C@@]3(C)N=C(N(COCC[Si](C)(C)C)C(=O)OC(C)(C)C)S[C@@]4(C(=O)O)C[C@H]43)c2)nc1. The number of carbonyl (C=O) groups is 2. The standard InChI is InChI=1S/C31H37F2N5O5SSi/c1-29(2,3)43-28(41)38(18-42-11-12-45(6,7)8)27-37-30(4,24-15-31(24,44-27)26(39)40)21-13-19(16-36-25(21)33)14-22(32)23-10-9-20(34-5)17-35-23/h9-10,13-14,16-17,24H,11-12,15,18H2,1-4,6-8H3,(H,39,40)/b22-14-/t24-,30+,31-/m0/s1. The number of hydrogen-bond donors (Lipinski definition) is 1. The van der Waals surface area contributed by atoms with E-state index in [9.17, 15) is 14.7 Å². The Labute approximate surface area is 266 Å². The predicted molar refractivity (Wildman–Crippen MR) is 172 cm³/mol. The van der Waals surface area contributed by atoms with Gasteiger partial charge in [0.1, 0.15) is 22.9 Å². The topological polar surface area (TPSA) is 119 Å². The summed E-state index contributed by atoms with van der Waals surface area (Å²) in [7, 11) is -1.45. The van der Waals surface area contributed by atoms with Gasteiger partial charge in [-0.1, -0.05) is 37.5 Å². The van der Waals surface area contributed by atoms with Gasteiger partial charge in [-0.3, -0.25) is 14.8 Å². The average Bonchev–Trinajstić information content (AvgIpc) is 3.70. The van der Waals surface area contributed by atoms with E-state index in [1.807, 2.05) is 0 Å². The molecule has 1 aliphatic heterocycles. The average molecular weight is 658 g/mol. The summed E-state index contributed by atoms with van der Waals surface area (Å²) in [5.41, 5.74) is -1.98. The molecular formula is C31H37F2N5O5SSi. The fraction of sp³-hybridized carbons (Fsp3) is 0.484. The Hall–Kier alpha value is -3.67. The molecule has 0 spiro atoms. The molecule has 0 unspecified atom stereocenters. The van der Waals surface area contributed by atoms with E-state index in [1.165, 1.54) is 24.4 Å². The summed E-state index contributed by atoms with van der Waals surface area (Å²) in [5, 5.41) is 10.3. The number of aromatic nitrogens is 2. The molecule has 10 nitrogen and oxygen atoms in total. The first-order chi connectivity index (χ1) is 20.9. The van der Waals surface area contributed by atoms with Crippen LogP contribution in [0.4, 0.5) is 19.3 Å². The molecule has 0 saturated heterocycles. The Kier molecular flexibility index (Phi) is 9.59. The third-order valence-electron chi connectivity index (χ3n) is 7.43. The molecule has 0 radical (unpaired) electrons. The quantitative estimate of drug-likeness (QED) is 0.0978. The molecule has 1 aliphatic carbocycles. The Balaban J connectivity index is 1.76. The summed E-state index contributed by atoms with van der Waals surface area (Å²) in [6, 6.07) is 4.99. The Bertz CT molecular complexity index is 1580. The largest absolute Gasteiger partial charge is 0.480 e. The Morgan fingerprint density at radius 3 is 2.56 bits per heavy atom. The minimum atomic E-state index is -1.48. The van der Waals surface area contributed by atoms with Crippen LogP contribution in [0, 0.1) is 18.4 Å². The number of nitrogens with zero attached hydrogens (tertiary/aromatic N) is 5. The molecule has 2 aliphatic rings. The number of fused-ring (bicyclic) bond motifs is 1.